The number of piperazine rings is 1. The zero-order valence-electron chi connectivity index (χ0n) is 11.2. The summed E-state index contributed by atoms with van der Waals surface area (Å²) in [6.07, 6.45) is 0. The lowest BCUT2D eigenvalue weighted by atomic mass is 10.2. The summed E-state index contributed by atoms with van der Waals surface area (Å²) in [7, 11) is 1.60. The van der Waals surface area contributed by atoms with Gasteiger partial charge in [-0.25, -0.2) is 4.98 Å². The van der Waals surface area contributed by atoms with Crippen LogP contribution in [0.4, 0.5) is 11.6 Å². The van der Waals surface area contributed by atoms with Gasteiger partial charge >= 0.3 is 0 Å². The Labute approximate surface area is 113 Å². The van der Waals surface area contributed by atoms with Crippen LogP contribution in [-0.2, 0) is 4.74 Å². The summed E-state index contributed by atoms with van der Waals surface area (Å²) in [6, 6.07) is 4.47. The second-order valence-corrected chi connectivity index (χ2v) is 4.97. The number of nitrogens with zero attached hydrogens (tertiary/aromatic N) is 3. The van der Waals surface area contributed by atoms with Crippen LogP contribution >= 0.6 is 0 Å². The van der Waals surface area contributed by atoms with Crippen molar-refractivity contribution in [3.05, 3.63) is 12.1 Å². The fourth-order valence-corrected chi connectivity index (χ4v) is 2.55. The van der Waals surface area contributed by atoms with E-state index in [4.69, 9.17) is 15.2 Å². The lowest BCUT2D eigenvalue weighted by molar-refractivity contribution is -0.0660. The number of nitrogens with two attached hydrogens (primary N) is 1. The zero-order valence-corrected chi connectivity index (χ0v) is 11.2. The van der Waals surface area contributed by atoms with E-state index in [9.17, 15) is 0 Å². The monoisotopic (exact) mass is 264 g/mol. The quantitative estimate of drug-likeness (QED) is 0.841. The Morgan fingerprint density at radius 1 is 1.26 bits per heavy atom. The van der Waals surface area contributed by atoms with Crippen LogP contribution in [0.1, 0.15) is 0 Å². The summed E-state index contributed by atoms with van der Waals surface area (Å²) in [6.45, 7) is 5.84. The van der Waals surface area contributed by atoms with Crippen LogP contribution in [-0.4, -0.2) is 62.4 Å². The van der Waals surface area contributed by atoms with E-state index in [0.29, 0.717) is 17.6 Å². The molecule has 0 amide bonds. The summed E-state index contributed by atoms with van der Waals surface area (Å²) < 4.78 is 10.4. The van der Waals surface area contributed by atoms with Gasteiger partial charge in [-0.05, 0) is 12.1 Å². The summed E-state index contributed by atoms with van der Waals surface area (Å²) in [4.78, 5) is 9.17. The molecule has 0 aliphatic carbocycles. The molecule has 0 atom stereocenters. The summed E-state index contributed by atoms with van der Waals surface area (Å²) in [5.41, 5.74) is 5.86. The van der Waals surface area contributed by atoms with E-state index in [2.05, 4.69) is 14.8 Å². The Kier molecular flexibility index (Phi) is 3.44. The van der Waals surface area contributed by atoms with E-state index >= 15 is 0 Å². The Morgan fingerprint density at radius 2 is 2.00 bits per heavy atom. The van der Waals surface area contributed by atoms with Crippen molar-refractivity contribution in [1.82, 2.24) is 9.88 Å². The minimum Gasteiger partial charge on any atom is -0.493 e. The molecule has 6 nitrogen and oxygen atoms in total. The van der Waals surface area contributed by atoms with Crippen molar-refractivity contribution in [3.63, 3.8) is 0 Å². The maximum absolute atomic E-state index is 5.86. The molecule has 6 heteroatoms. The van der Waals surface area contributed by atoms with Gasteiger partial charge in [-0.1, -0.05) is 0 Å². The van der Waals surface area contributed by atoms with Crippen molar-refractivity contribution in [2.45, 2.75) is 6.04 Å². The highest BCUT2D eigenvalue weighted by molar-refractivity contribution is 5.53. The standard InChI is InChI=1S/C13H20N4O2/c1-18-11-2-3-12(15-13(11)14)17-6-4-16(5-7-17)10-8-19-9-10/h2-3,10H,4-9H2,1H3,(H2,14,15). The molecule has 1 aromatic rings. The Hall–Kier alpha value is -1.53. The van der Waals surface area contributed by atoms with E-state index < -0.39 is 0 Å². The molecule has 104 valence electrons. The highest BCUT2D eigenvalue weighted by Crippen LogP contribution is 2.24. The molecule has 0 unspecified atom stereocenters. The molecule has 2 N–H and O–H groups in total. The van der Waals surface area contributed by atoms with E-state index in [1.165, 1.54) is 0 Å². The van der Waals surface area contributed by atoms with Crippen molar-refractivity contribution < 1.29 is 9.47 Å². The van der Waals surface area contributed by atoms with E-state index in [0.717, 1.165) is 45.2 Å². The SMILES string of the molecule is COc1ccc(N2CCN(C3COC3)CC2)nc1N. The van der Waals surface area contributed by atoms with Gasteiger partial charge in [0.05, 0.1) is 26.4 Å². The summed E-state index contributed by atoms with van der Waals surface area (Å²) >= 11 is 0. The molecule has 0 aromatic carbocycles. The second-order valence-electron chi connectivity index (χ2n) is 4.97. The number of nitrogen functional groups attached to an aromatic ring is 1. The van der Waals surface area contributed by atoms with E-state index in [1.807, 2.05) is 12.1 Å². The minimum absolute atomic E-state index is 0.454. The fourth-order valence-electron chi connectivity index (χ4n) is 2.55. The minimum atomic E-state index is 0.454. The molecule has 0 spiro atoms. The van der Waals surface area contributed by atoms with Crippen LogP contribution in [0.15, 0.2) is 12.1 Å². The molecule has 2 fully saturated rings. The predicted molar refractivity (Wildman–Crippen MR) is 73.6 cm³/mol. The molecule has 2 aliphatic heterocycles. The number of ether oxygens (including phenoxy) is 2. The molecule has 19 heavy (non-hydrogen) atoms. The van der Waals surface area contributed by atoms with Gasteiger partial charge in [0.15, 0.2) is 11.6 Å². The molecule has 0 radical (unpaired) electrons. The normalized spacial score (nSPS) is 21.2. The first-order chi connectivity index (χ1) is 9.28. The number of pyridine rings is 1. The first-order valence-electron chi connectivity index (χ1n) is 6.65. The third-order valence-electron chi connectivity index (χ3n) is 3.87. The van der Waals surface area contributed by atoms with Crippen LogP contribution in [0.5, 0.6) is 5.75 Å². The Bertz CT molecular complexity index is 442. The van der Waals surface area contributed by atoms with Crippen molar-refractivity contribution in [2.75, 3.05) is 57.1 Å². The van der Waals surface area contributed by atoms with E-state index in [1.54, 1.807) is 7.11 Å². The van der Waals surface area contributed by atoms with Crippen LogP contribution in [0.2, 0.25) is 0 Å². The number of anilines is 2. The molecular formula is C13H20N4O2. The molecule has 0 bridgehead atoms. The number of hydrogen-bond donors (Lipinski definition) is 1. The number of rotatable bonds is 3. The Balaban J connectivity index is 1.62. The molecule has 3 rings (SSSR count). The van der Waals surface area contributed by atoms with Gasteiger partial charge < -0.3 is 20.1 Å². The number of hydrogen-bond acceptors (Lipinski definition) is 6. The zero-order chi connectivity index (χ0) is 13.2. The topological polar surface area (TPSA) is 63.8 Å². The molecule has 0 saturated carbocycles. The average Bonchev–Trinajstić information content (AvgIpc) is 2.37. The van der Waals surface area contributed by atoms with Crippen LogP contribution in [0.25, 0.3) is 0 Å². The van der Waals surface area contributed by atoms with Gasteiger partial charge in [0.25, 0.3) is 0 Å². The van der Waals surface area contributed by atoms with Gasteiger partial charge in [-0.2, -0.15) is 0 Å². The lowest BCUT2D eigenvalue weighted by Gasteiger charge is -2.42. The number of aromatic nitrogens is 1. The first kappa shape index (κ1) is 12.5. The first-order valence-corrected chi connectivity index (χ1v) is 6.65. The van der Waals surface area contributed by atoms with Crippen LogP contribution in [0, 0.1) is 0 Å². The molecular weight excluding hydrogens is 244 g/mol. The number of methoxy groups -OCH3 is 1. The van der Waals surface area contributed by atoms with Gasteiger partial charge in [0.2, 0.25) is 0 Å². The molecule has 2 aliphatic rings. The second kappa shape index (κ2) is 5.22. The predicted octanol–water partition coefficient (Wildman–Crippen LogP) is 0.193. The smallest absolute Gasteiger partial charge is 0.168 e. The highest BCUT2D eigenvalue weighted by Gasteiger charge is 2.29. The molecule has 2 saturated heterocycles. The van der Waals surface area contributed by atoms with Crippen LogP contribution < -0.4 is 15.4 Å². The van der Waals surface area contributed by atoms with Gasteiger partial charge in [-0.3, -0.25) is 4.90 Å². The largest absolute Gasteiger partial charge is 0.493 e. The van der Waals surface area contributed by atoms with E-state index in [-0.39, 0.29) is 0 Å². The van der Waals surface area contributed by atoms with Crippen LogP contribution in [0.3, 0.4) is 0 Å². The van der Waals surface area contributed by atoms with Gasteiger partial charge in [-0.15, -0.1) is 0 Å². The van der Waals surface area contributed by atoms with Crippen molar-refractivity contribution in [3.8, 4) is 5.75 Å². The summed E-state index contributed by atoms with van der Waals surface area (Å²) in [5.74, 6) is 2.02. The maximum Gasteiger partial charge on any atom is 0.168 e. The molecule has 3 heterocycles. The fraction of sp³-hybridized carbons (Fsp3) is 0.615. The third kappa shape index (κ3) is 2.46. The van der Waals surface area contributed by atoms with Crippen molar-refractivity contribution >= 4 is 11.6 Å². The Morgan fingerprint density at radius 3 is 2.53 bits per heavy atom. The summed E-state index contributed by atoms with van der Waals surface area (Å²) in [5, 5.41) is 0. The maximum atomic E-state index is 5.86. The third-order valence-corrected chi connectivity index (χ3v) is 3.87. The van der Waals surface area contributed by atoms with Gasteiger partial charge in [0.1, 0.15) is 5.82 Å². The molecule has 1 aromatic heterocycles. The van der Waals surface area contributed by atoms with Crippen molar-refractivity contribution in [1.29, 1.82) is 0 Å². The van der Waals surface area contributed by atoms with Gasteiger partial charge in [0, 0.05) is 26.2 Å². The lowest BCUT2D eigenvalue weighted by Crippen LogP contribution is -2.56. The average molecular weight is 264 g/mol. The van der Waals surface area contributed by atoms with Crippen molar-refractivity contribution in [2.24, 2.45) is 0 Å². The highest BCUT2D eigenvalue weighted by atomic mass is 16.5.